The van der Waals surface area contributed by atoms with Gasteiger partial charge in [-0.3, -0.25) is 9.59 Å². The van der Waals surface area contributed by atoms with Gasteiger partial charge in [-0.1, -0.05) is 30.3 Å². The second kappa shape index (κ2) is 8.80. The van der Waals surface area contributed by atoms with E-state index in [9.17, 15) is 14.7 Å². The molecule has 0 heterocycles. The van der Waals surface area contributed by atoms with Crippen LogP contribution in [0.4, 0.5) is 0 Å². The highest BCUT2D eigenvalue weighted by Crippen LogP contribution is 2.20. The standard InChI is InChI=1S/C18H27NO5/c1-5-23-17(22)14(19)15(20)13(16(21)24-18(2,3)4)11-12-9-7-6-8-10-12/h6-10,13-15,20H,5,11,19H2,1-4H3. The first-order valence-electron chi connectivity index (χ1n) is 8.02. The predicted molar refractivity (Wildman–Crippen MR) is 90.1 cm³/mol. The maximum absolute atomic E-state index is 12.5. The Balaban J connectivity index is 2.99. The normalized spacial score (nSPS) is 15.2. The van der Waals surface area contributed by atoms with Crippen LogP contribution >= 0.6 is 0 Å². The largest absolute Gasteiger partial charge is 0.465 e. The van der Waals surface area contributed by atoms with Gasteiger partial charge >= 0.3 is 11.9 Å². The van der Waals surface area contributed by atoms with Gasteiger partial charge in [0, 0.05) is 0 Å². The number of nitrogens with two attached hydrogens (primary N) is 1. The van der Waals surface area contributed by atoms with E-state index in [4.69, 9.17) is 15.2 Å². The van der Waals surface area contributed by atoms with Crippen LogP contribution in [0.25, 0.3) is 0 Å². The first-order valence-corrected chi connectivity index (χ1v) is 8.02. The van der Waals surface area contributed by atoms with Gasteiger partial charge in [-0.05, 0) is 39.7 Å². The molecule has 1 rings (SSSR count). The third-order valence-electron chi connectivity index (χ3n) is 3.35. The molecule has 24 heavy (non-hydrogen) atoms. The zero-order valence-electron chi connectivity index (χ0n) is 14.7. The van der Waals surface area contributed by atoms with E-state index in [2.05, 4.69) is 0 Å². The number of carbonyl (C=O) groups is 2. The molecule has 3 atom stereocenters. The van der Waals surface area contributed by atoms with Crippen molar-refractivity contribution in [3.63, 3.8) is 0 Å². The summed E-state index contributed by atoms with van der Waals surface area (Å²) < 4.78 is 10.2. The molecule has 3 N–H and O–H groups in total. The SMILES string of the molecule is CCOC(=O)C(N)C(O)C(Cc1ccccc1)C(=O)OC(C)(C)C. The van der Waals surface area contributed by atoms with E-state index in [0.717, 1.165) is 5.56 Å². The fraction of sp³-hybridized carbons (Fsp3) is 0.556. The van der Waals surface area contributed by atoms with E-state index in [0.29, 0.717) is 0 Å². The van der Waals surface area contributed by atoms with E-state index in [1.807, 2.05) is 30.3 Å². The highest BCUT2D eigenvalue weighted by molar-refractivity contribution is 5.79. The average molecular weight is 337 g/mol. The fourth-order valence-corrected chi connectivity index (χ4v) is 2.22. The maximum Gasteiger partial charge on any atom is 0.325 e. The maximum atomic E-state index is 12.5. The Morgan fingerprint density at radius 2 is 1.75 bits per heavy atom. The van der Waals surface area contributed by atoms with Gasteiger partial charge in [0.15, 0.2) is 0 Å². The van der Waals surface area contributed by atoms with Crippen LogP contribution in [0.15, 0.2) is 30.3 Å². The van der Waals surface area contributed by atoms with Crippen LogP contribution < -0.4 is 5.73 Å². The summed E-state index contributed by atoms with van der Waals surface area (Å²) in [6.07, 6.45) is -1.19. The molecule has 3 unspecified atom stereocenters. The number of carbonyl (C=O) groups excluding carboxylic acids is 2. The smallest absolute Gasteiger partial charge is 0.325 e. The summed E-state index contributed by atoms with van der Waals surface area (Å²) in [5.74, 6) is -2.31. The lowest BCUT2D eigenvalue weighted by Gasteiger charge is -2.28. The van der Waals surface area contributed by atoms with Crippen LogP contribution in [0.3, 0.4) is 0 Å². The summed E-state index contributed by atoms with van der Waals surface area (Å²) in [4.78, 5) is 24.3. The van der Waals surface area contributed by atoms with E-state index in [-0.39, 0.29) is 13.0 Å². The molecule has 0 radical (unpaired) electrons. The van der Waals surface area contributed by atoms with Gasteiger partial charge in [-0.15, -0.1) is 0 Å². The first-order chi connectivity index (χ1) is 11.2. The van der Waals surface area contributed by atoms with Crippen LogP contribution in [0, 0.1) is 5.92 Å². The van der Waals surface area contributed by atoms with E-state index in [1.165, 1.54) is 0 Å². The average Bonchev–Trinajstić information content (AvgIpc) is 2.50. The molecular formula is C18H27NO5. The number of ether oxygens (including phenoxy) is 2. The van der Waals surface area contributed by atoms with Crippen molar-refractivity contribution in [2.45, 2.75) is 51.9 Å². The molecule has 0 amide bonds. The van der Waals surface area contributed by atoms with Crippen LogP contribution in [0.1, 0.15) is 33.3 Å². The Bertz CT molecular complexity index is 538. The lowest BCUT2D eigenvalue weighted by molar-refractivity contribution is -0.166. The highest BCUT2D eigenvalue weighted by Gasteiger charge is 2.38. The summed E-state index contributed by atoms with van der Waals surface area (Å²) in [6, 6.07) is 7.87. The topological polar surface area (TPSA) is 98.9 Å². The first kappa shape index (κ1) is 20.1. The van der Waals surface area contributed by atoms with Crippen molar-refractivity contribution in [2.75, 3.05) is 6.61 Å². The summed E-state index contributed by atoms with van der Waals surface area (Å²) in [6.45, 7) is 7.01. The Hall–Kier alpha value is -1.92. The van der Waals surface area contributed by atoms with E-state index < -0.39 is 35.6 Å². The number of aliphatic hydroxyl groups excluding tert-OH is 1. The number of benzene rings is 1. The molecule has 0 spiro atoms. The van der Waals surface area contributed by atoms with Crippen molar-refractivity contribution in [1.82, 2.24) is 0 Å². The zero-order valence-corrected chi connectivity index (χ0v) is 14.7. The van der Waals surface area contributed by atoms with Gasteiger partial charge in [0.1, 0.15) is 11.6 Å². The van der Waals surface area contributed by atoms with Gasteiger partial charge in [0.2, 0.25) is 0 Å². The third kappa shape index (κ3) is 6.29. The minimum Gasteiger partial charge on any atom is -0.465 e. The van der Waals surface area contributed by atoms with Gasteiger partial charge in [0.05, 0.1) is 18.6 Å². The Morgan fingerprint density at radius 3 is 2.25 bits per heavy atom. The fourth-order valence-electron chi connectivity index (χ4n) is 2.22. The minimum absolute atomic E-state index is 0.148. The molecule has 1 aromatic rings. The van der Waals surface area contributed by atoms with Crippen molar-refractivity contribution >= 4 is 11.9 Å². The van der Waals surface area contributed by atoms with Crippen molar-refractivity contribution < 1.29 is 24.2 Å². The van der Waals surface area contributed by atoms with Crippen LogP contribution in [0.5, 0.6) is 0 Å². The Kier molecular flexibility index (Phi) is 7.38. The molecule has 0 aliphatic carbocycles. The number of hydrogen-bond acceptors (Lipinski definition) is 6. The number of rotatable bonds is 7. The minimum atomic E-state index is -1.40. The monoisotopic (exact) mass is 337 g/mol. The second-order valence-electron chi connectivity index (χ2n) is 6.60. The van der Waals surface area contributed by atoms with E-state index >= 15 is 0 Å². The molecule has 134 valence electrons. The van der Waals surface area contributed by atoms with Crippen LogP contribution in [-0.2, 0) is 25.5 Å². The number of esters is 2. The van der Waals surface area contributed by atoms with Crippen molar-refractivity contribution in [3.8, 4) is 0 Å². The number of hydrogen-bond donors (Lipinski definition) is 2. The molecule has 0 aliphatic rings. The third-order valence-corrected chi connectivity index (χ3v) is 3.35. The van der Waals surface area contributed by atoms with Crippen molar-refractivity contribution in [1.29, 1.82) is 0 Å². The van der Waals surface area contributed by atoms with Gasteiger partial charge in [-0.2, -0.15) is 0 Å². The van der Waals surface area contributed by atoms with Gasteiger partial charge in [0.25, 0.3) is 0 Å². The predicted octanol–water partition coefficient (Wildman–Crippen LogP) is 1.44. The molecule has 0 fully saturated rings. The zero-order chi connectivity index (χ0) is 18.3. The Labute approximate surface area is 142 Å². The molecule has 6 heteroatoms. The highest BCUT2D eigenvalue weighted by atomic mass is 16.6. The van der Waals surface area contributed by atoms with Gasteiger partial charge < -0.3 is 20.3 Å². The molecule has 0 bridgehead atoms. The van der Waals surface area contributed by atoms with Crippen molar-refractivity contribution in [3.05, 3.63) is 35.9 Å². The molecular weight excluding hydrogens is 310 g/mol. The molecule has 0 aliphatic heterocycles. The number of aliphatic hydroxyl groups is 1. The van der Waals surface area contributed by atoms with Crippen molar-refractivity contribution in [2.24, 2.45) is 11.7 Å². The summed E-state index contributed by atoms with van der Waals surface area (Å²) >= 11 is 0. The molecule has 6 nitrogen and oxygen atoms in total. The summed E-state index contributed by atoms with van der Waals surface area (Å²) in [5, 5.41) is 10.5. The van der Waals surface area contributed by atoms with Crippen LogP contribution in [-0.4, -0.2) is 41.4 Å². The second-order valence-corrected chi connectivity index (χ2v) is 6.60. The molecule has 0 aromatic heterocycles. The Morgan fingerprint density at radius 1 is 1.17 bits per heavy atom. The molecule has 0 saturated heterocycles. The quantitative estimate of drug-likeness (QED) is 0.731. The molecule has 1 aromatic carbocycles. The lowest BCUT2D eigenvalue weighted by Crippen LogP contribution is -2.50. The van der Waals surface area contributed by atoms with E-state index in [1.54, 1.807) is 27.7 Å². The molecule has 0 saturated carbocycles. The lowest BCUT2D eigenvalue weighted by atomic mass is 9.90. The van der Waals surface area contributed by atoms with Crippen LogP contribution in [0.2, 0.25) is 0 Å². The summed E-state index contributed by atoms with van der Waals surface area (Å²) in [7, 11) is 0. The summed E-state index contributed by atoms with van der Waals surface area (Å²) in [5.41, 5.74) is 5.90. The van der Waals surface area contributed by atoms with Gasteiger partial charge in [-0.25, -0.2) is 0 Å².